The Labute approximate surface area is 131 Å². The Kier molecular flexibility index (Phi) is 5.45. The summed E-state index contributed by atoms with van der Waals surface area (Å²) in [5, 5.41) is 9.68. The molecule has 112 valence electrons. The Morgan fingerprint density at radius 3 is 2.38 bits per heavy atom. The molecule has 3 N–H and O–H groups in total. The quantitative estimate of drug-likeness (QED) is 0.801. The first-order valence-electron chi connectivity index (χ1n) is 7.20. The first-order valence-corrected chi connectivity index (χ1v) is 8.19. The molecule has 2 nitrogen and oxygen atoms in total. The molecule has 0 saturated carbocycles. The van der Waals surface area contributed by atoms with Gasteiger partial charge in [0, 0.05) is 10.6 Å². The largest absolute Gasteiger partial charge is 0.394 e. The van der Waals surface area contributed by atoms with Crippen LogP contribution >= 0.6 is 11.8 Å². The van der Waals surface area contributed by atoms with Gasteiger partial charge in [-0.15, -0.1) is 11.8 Å². The molecule has 0 aliphatic heterocycles. The van der Waals surface area contributed by atoms with E-state index in [-0.39, 0.29) is 6.61 Å². The predicted octanol–water partition coefficient (Wildman–Crippen LogP) is 3.63. The summed E-state index contributed by atoms with van der Waals surface area (Å²) in [5.41, 5.74) is 9.33. The fourth-order valence-corrected chi connectivity index (χ4v) is 3.37. The van der Waals surface area contributed by atoms with Gasteiger partial charge in [-0.05, 0) is 49.1 Å². The molecule has 1 atom stereocenters. The lowest BCUT2D eigenvalue weighted by Gasteiger charge is -2.27. The molecule has 0 amide bonds. The second kappa shape index (κ2) is 7.12. The van der Waals surface area contributed by atoms with Gasteiger partial charge < -0.3 is 10.8 Å². The van der Waals surface area contributed by atoms with Crippen LogP contribution in [-0.4, -0.2) is 17.5 Å². The molecular weight excluding hydrogens is 278 g/mol. The van der Waals surface area contributed by atoms with E-state index >= 15 is 0 Å². The zero-order chi connectivity index (χ0) is 15.3. The van der Waals surface area contributed by atoms with Crippen molar-refractivity contribution in [1.29, 1.82) is 0 Å². The number of aliphatic hydroxyl groups excluding tert-OH is 1. The molecule has 2 aromatic carbocycles. The van der Waals surface area contributed by atoms with Gasteiger partial charge in [0.15, 0.2) is 0 Å². The minimum absolute atomic E-state index is 0.0372. The Morgan fingerprint density at radius 2 is 1.76 bits per heavy atom. The average molecular weight is 301 g/mol. The molecular formula is C18H23NOS. The van der Waals surface area contributed by atoms with Gasteiger partial charge in [0.25, 0.3) is 0 Å². The van der Waals surface area contributed by atoms with E-state index in [1.165, 1.54) is 16.0 Å². The van der Waals surface area contributed by atoms with Crippen molar-refractivity contribution >= 4 is 11.8 Å². The van der Waals surface area contributed by atoms with Crippen molar-refractivity contribution in [2.45, 2.75) is 30.7 Å². The second-order valence-corrected chi connectivity index (χ2v) is 6.69. The van der Waals surface area contributed by atoms with Gasteiger partial charge >= 0.3 is 0 Å². The van der Waals surface area contributed by atoms with Gasteiger partial charge in [-0.3, -0.25) is 0 Å². The standard InChI is InChI=1S/C18H23NOS/c1-14-8-9-17(12-15(14)2)21-11-10-18(19,13-20)16-6-4-3-5-7-16/h3-9,12,20H,10-11,13,19H2,1-2H3. The van der Waals surface area contributed by atoms with Crippen LogP contribution in [0.4, 0.5) is 0 Å². The predicted molar refractivity (Wildman–Crippen MR) is 90.7 cm³/mol. The lowest BCUT2D eigenvalue weighted by atomic mass is 9.89. The highest BCUT2D eigenvalue weighted by Gasteiger charge is 2.25. The van der Waals surface area contributed by atoms with Crippen molar-refractivity contribution in [3.8, 4) is 0 Å². The topological polar surface area (TPSA) is 46.2 Å². The van der Waals surface area contributed by atoms with Crippen molar-refractivity contribution in [3.63, 3.8) is 0 Å². The van der Waals surface area contributed by atoms with Crippen LogP contribution in [0, 0.1) is 13.8 Å². The van der Waals surface area contributed by atoms with E-state index in [2.05, 4.69) is 32.0 Å². The summed E-state index contributed by atoms with van der Waals surface area (Å²) in [6.07, 6.45) is 0.741. The summed E-state index contributed by atoms with van der Waals surface area (Å²) < 4.78 is 0. The summed E-state index contributed by atoms with van der Waals surface area (Å²) in [6.45, 7) is 4.21. The molecule has 1 unspecified atom stereocenters. The zero-order valence-corrected chi connectivity index (χ0v) is 13.5. The van der Waals surface area contributed by atoms with Gasteiger partial charge in [-0.25, -0.2) is 0 Å². The van der Waals surface area contributed by atoms with Crippen molar-refractivity contribution in [1.82, 2.24) is 0 Å². The molecule has 0 heterocycles. The van der Waals surface area contributed by atoms with E-state index in [0.717, 1.165) is 17.7 Å². The second-order valence-electron chi connectivity index (χ2n) is 5.52. The normalized spacial score (nSPS) is 13.9. The van der Waals surface area contributed by atoms with Crippen molar-refractivity contribution < 1.29 is 5.11 Å². The summed E-state index contributed by atoms with van der Waals surface area (Å²) in [6, 6.07) is 16.4. The van der Waals surface area contributed by atoms with Crippen molar-refractivity contribution in [2.75, 3.05) is 12.4 Å². The Bertz CT molecular complexity index is 585. The Morgan fingerprint density at radius 1 is 1.05 bits per heavy atom. The van der Waals surface area contributed by atoms with E-state index in [9.17, 15) is 5.11 Å². The smallest absolute Gasteiger partial charge is 0.0653 e. The molecule has 0 aliphatic carbocycles. The van der Waals surface area contributed by atoms with Gasteiger partial charge in [0.2, 0.25) is 0 Å². The third-order valence-corrected chi connectivity index (χ3v) is 4.92. The number of hydrogen-bond donors (Lipinski definition) is 2. The fourth-order valence-electron chi connectivity index (χ4n) is 2.24. The number of thioether (sulfide) groups is 1. The maximum atomic E-state index is 9.68. The van der Waals surface area contributed by atoms with Crippen LogP contribution in [-0.2, 0) is 5.54 Å². The molecule has 2 aromatic rings. The average Bonchev–Trinajstić information content (AvgIpc) is 2.51. The Balaban J connectivity index is 1.99. The lowest BCUT2D eigenvalue weighted by Crippen LogP contribution is -2.41. The summed E-state index contributed by atoms with van der Waals surface area (Å²) >= 11 is 1.79. The van der Waals surface area contributed by atoms with Crippen molar-refractivity contribution in [3.05, 3.63) is 65.2 Å². The molecule has 21 heavy (non-hydrogen) atoms. The third kappa shape index (κ3) is 4.10. The van der Waals surface area contributed by atoms with E-state index in [4.69, 9.17) is 5.73 Å². The first kappa shape index (κ1) is 16.1. The molecule has 0 aliphatic rings. The number of rotatable bonds is 6. The number of hydrogen-bond acceptors (Lipinski definition) is 3. The first-order chi connectivity index (χ1) is 10.0. The molecule has 0 radical (unpaired) electrons. The van der Waals surface area contributed by atoms with E-state index < -0.39 is 5.54 Å². The molecule has 0 fully saturated rings. The molecule has 0 bridgehead atoms. The Hall–Kier alpha value is -1.29. The molecule has 2 rings (SSSR count). The maximum absolute atomic E-state index is 9.68. The van der Waals surface area contributed by atoms with E-state index in [0.29, 0.717) is 0 Å². The minimum Gasteiger partial charge on any atom is -0.394 e. The third-order valence-electron chi connectivity index (χ3n) is 3.93. The minimum atomic E-state index is -0.659. The van der Waals surface area contributed by atoms with Crippen LogP contribution in [0.5, 0.6) is 0 Å². The SMILES string of the molecule is Cc1ccc(SCCC(N)(CO)c2ccccc2)cc1C. The van der Waals surface area contributed by atoms with E-state index in [1.807, 2.05) is 30.3 Å². The molecule has 0 aromatic heterocycles. The van der Waals surface area contributed by atoms with Crippen LogP contribution in [0.25, 0.3) is 0 Å². The van der Waals surface area contributed by atoms with Crippen LogP contribution in [0.3, 0.4) is 0 Å². The van der Waals surface area contributed by atoms with Crippen LogP contribution in [0.15, 0.2) is 53.4 Å². The van der Waals surface area contributed by atoms with Gasteiger partial charge in [0.05, 0.1) is 12.1 Å². The highest BCUT2D eigenvalue weighted by molar-refractivity contribution is 7.99. The fraction of sp³-hybridized carbons (Fsp3) is 0.333. The highest BCUT2D eigenvalue weighted by Crippen LogP contribution is 2.27. The maximum Gasteiger partial charge on any atom is 0.0653 e. The van der Waals surface area contributed by atoms with Crippen LogP contribution in [0.1, 0.15) is 23.1 Å². The lowest BCUT2D eigenvalue weighted by molar-refractivity contribution is 0.193. The highest BCUT2D eigenvalue weighted by atomic mass is 32.2. The van der Waals surface area contributed by atoms with Crippen LogP contribution < -0.4 is 5.73 Å². The monoisotopic (exact) mass is 301 g/mol. The number of aliphatic hydroxyl groups is 1. The summed E-state index contributed by atoms with van der Waals surface area (Å²) in [4.78, 5) is 1.26. The van der Waals surface area contributed by atoms with E-state index in [1.54, 1.807) is 11.8 Å². The van der Waals surface area contributed by atoms with Crippen molar-refractivity contribution in [2.24, 2.45) is 5.73 Å². The van der Waals surface area contributed by atoms with Gasteiger partial charge in [0.1, 0.15) is 0 Å². The number of nitrogens with two attached hydrogens (primary N) is 1. The molecule has 0 saturated heterocycles. The summed E-state index contributed by atoms with van der Waals surface area (Å²) in [5.74, 6) is 0.883. The van der Waals surface area contributed by atoms with Gasteiger partial charge in [-0.1, -0.05) is 36.4 Å². The van der Waals surface area contributed by atoms with Gasteiger partial charge in [-0.2, -0.15) is 0 Å². The molecule has 0 spiro atoms. The van der Waals surface area contributed by atoms with Crippen LogP contribution in [0.2, 0.25) is 0 Å². The number of aryl methyl sites for hydroxylation is 2. The molecule has 3 heteroatoms. The zero-order valence-electron chi connectivity index (χ0n) is 12.7. The number of benzene rings is 2. The summed E-state index contributed by atoms with van der Waals surface area (Å²) in [7, 11) is 0.